The maximum atomic E-state index is 11.2. The topological polar surface area (TPSA) is 44.1 Å². The molecular weight excluding hydrogens is 216 g/mol. The number of rotatable bonds is 3. The molecule has 0 aliphatic carbocycles. The monoisotopic (exact) mass is 228 g/mol. The maximum Gasteiger partial charge on any atom is 0.358 e. The first-order valence-corrected chi connectivity index (χ1v) is 5.14. The molecule has 4 heteroatoms. The van der Waals surface area contributed by atoms with E-state index in [1.165, 1.54) is 7.11 Å². The minimum Gasteiger partial charge on any atom is -0.464 e. The zero-order valence-corrected chi connectivity index (χ0v) is 9.41. The van der Waals surface area contributed by atoms with Crippen molar-refractivity contribution in [2.45, 2.75) is 0 Å². The lowest BCUT2D eigenvalue weighted by atomic mass is 10.2. The lowest BCUT2D eigenvalue weighted by molar-refractivity contribution is 0.0594. The van der Waals surface area contributed by atoms with E-state index in [2.05, 4.69) is 9.72 Å². The number of methoxy groups -OCH3 is 1. The van der Waals surface area contributed by atoms with E-state index >= 15 is 0 Å². The third-order valence-corrected chi connectivity index (χ3v) is 2.23. The highest BCUT2D eigenvalue weighted by atomic mass is 16.5. The van der Waals surface area contributed by atoms with Gasteiger partial charge in [0.2, 0.25) is 0 Å². The first-order chi connectivity index (χ1) is 8.29. The molecule has 4 nitrogen and oxygen atoms in total. The molecule has 1 aromatic carbocycles. The number of hydrogen-bond acceptors (Lipinski definition) is 3. The summed E-state index contributed by atoms with van der Waals surface area (Å²) >= 11 is 0. The highest BCUT2D eigenvalue weighted by Crippen LogP contribution is 2.04. The lowest BCUT2D eigenvalue weighted by Gasteiger charge is -1.93. The molecule has 0 unspecified atom stereocenters. The van der Waals surface area contributed by atoms with Crippen molar-refractivity contribution >= 4 is 18.2 Å². The van der Waals surface area contributed by atoms with Crippen molar-refractivity contribution in [3.8, 4) is 0 Å². The van der Waals surface area contributed by atoms with Crippen LogP contribution in [0.3, 0.4) is 0 Å². The second kappa shape index (κ2) is 5.12. The van der Waals surface area contributed by atoms with Gasteiger partial charge in [-0.25, -0.2) is 9.78 Å². The summed E-state index contributed by atoms with van der Waals surface area (Å²) in [6, 6.07) is 9.88. The number of hydrogen-bond donors (Lipinski definition) is 0. The Balaban J connectivity index is 2.12. The van der Waals surface area contributed by atoms with E-state index in [4.69, 9.17) is 0 Å². The van der Waals surface area contributed by atoms with E-state index in [1.807, 2.05) is 42.6 Å². The van der Waals surface area contributed by atoms with Crippen molar-refractivity contribution in [3.05, 3.63) is 54.1 Å². The first-order valence-electron chi connectivity index (χ1n) is 5.14. The van der Waals surface area contributed by atoms with Crippen LogP contribution in [0.4, 0.5) is 0 Å². The number of nitrogens with zero attached hydrogens (tertiary/aromatic N) is 2. The highest BCUT2D eigenvalue weighted by Gasteiger charge is 2.07. The van der Waals surface area contributed by atoms with Crippen LogP contribution in [0.25, 0.3) is 12.3 Å². The molecule has 0 saturated carbocycles. The van der Waals surface area contributed by atoms with Gasteiger partial charge in [-0.1, -0.05) is 30.3 Å². The van der Waals surface area contributed by atoms with Crippen molar-refractivity contribution in [2.24, 2.45) is 0 Å². The minimum atomic E-state index is -0.433. The largest absolute Gasteiger partial charge is 0.464 e. The maximum absolute atomic E-state index is 11.2. The number of esters is 1. The van der Waals surface area contributed by atoms with Crippen LogP contribution in [-0.4, -0.2) is 22.6 Å². The zero-order valence-electron chi connectivity index (χ0n) is 9.41. The molecule has 0 saturated heterocycles. The molecule has 0 aliphatic heterocycles. The van der Waals surface area contributed by atoms with Gasteiger partial charge in [0.05, 0.1) is 13.4 Å². The number of carbonyl (C=O) groups excluding carboxylic acids is 1. The molecule has 0 bridgehead atoms. The Morgan fingerprint density at radius 1 is 1.35 bits per heavy atom. The normalized spacial score (nSPS) is 10.6. The van der Waals surface area contributed by atoms with Crippen LogP contribution < -0.4 is 0 Å². The average Bonchev–Trinajstić information content (AvgIpc) is 2.85. The summed E-state index contributed by atoms with van der Waals surface area (Å²) in [5.74, 6) is -0.433. The summed E-state index contributed by atoms with van der Waals surface area (Å²) < 4.78 is 6.28. The van der Waals surface area contributed by atoms with Crippen LogP contribution >= 0.6 is 0 Å². The van der Waals surface area contributed by atoms with Gasteiger partial charge in [-0.05, 0) is 11.6 Å². The molecule has 2 rings (SSSR count). The SMILES string of the molecule is COC(=O)c1cn(/C=C/c2ccccc2)cn1. The predicted octanol–water partition coefficient (Wildman–Crippen LogP) is 2.30. The fourth-order valence-electron chi connectivity index (χ4n) is 1.36. The van der Waals surface area contributed by atoms with E-state index in [-0.39, 0.29) is 0 Å². The molecule has 1 heterocycles. The van der Waals surface area contributed by atoms with Gasteiger partial charge in [-0.3, -0.25) is 0 Å². The third kappa shape index (κ3) is 2.81. The molecule has 0 amide bonds. The number of benzene rings is 1. The molecule has 0 spiro atoms. The second-order valence-electron chi connectivity index (χ2n) is 3.42. The molecule has 0 fully saturated rings. The Bertz CT molecular complexity index is 529. The lowest BCUT2D eigenvalue weighted by Crippen LogP contribution is -2.00. The van der Waals surface area contributed by atoms with E-state index in [0.29, 0.717) is 5.69 Å². The molecule has 0 radical (unpaired) electrons. The van der Waals surface area contributed by atoms with Crippen molar-refractivity contribution in [3.63, 3.8) is 0 Å². The van der Waals surface area contributed by atoms with Gasteiger partial charge in [-0.2, -0.15) is 0 Å². The molecule has 0 atom stereocenters. The summed E-state index contributed by atoms with van der Waals surface area (Å²) in [6.07, 6.45) is 6.94. The van der Waals surface area contributed by atoms with Crippen molar-refractivity contribution < 1.29 is 9.53 Å². The zero-order chi connectivity index (χ0) is 12.1. The van der Waals surface area contributed by atoms with Gasteiger partial charge in [0, 0.05) is 12.4 Å². The Morgan fingerprint density at radius 3 is 2.82 bits per heavy atom. The van der Waals surface area contributed by atoms with Crippen LogP contribution in [0.5, 0.6) is 0 Å². The quantitative estimate of drug-likeness (QED) is 0.757. The van der Waals surface area contributed by atoms with Crippen LogP contribution in [-0.2, 0) is 4.74 Å². The second-order valence-corrected chi connectivity index (χ2v) is 3.42. The van der Waals surface area contributed by atoms with Gasteiger partial charge >= 0.3 is 5.97 Å². The number of aromatic nitrogens is 2. The molecule has 17 heavy (non-hydrogen) atoms. The standard InChI is InChI=1S/C13H12N2O2/c1-17-13(16)12-9-15(10-14-12)8-7-11-5-3-2-4-6-11/h2-10H,1H3/b8-7+. The Kier molecular flexibility index (Phi) is 3.35. The number of imidazole rings is 1. The van der Waals surface area contributed by atoms with Crippen molar-refractivity contribution in [1.29, 1.82) is 0 Å². The average molecular weight is 228 g/mol. The van der Waals surface area contributed by atoms with E-state index < -0.39 is 5.97 Å². The van der Waals surface area contributed by atoms with E-state index in [9.17, 15) is 4.79 Å². The predicted molar refractivity (Wildman–Crippen MR) is 65.2 cm³/mol. The summed E-state index contributed by atoms with van der Waals surface area (Å²) in [4.78, 5) is 15.1. The van der Waals surface area contributed by atoms with E-state index in [0.717, 1.165) is 5.56 Å². The van der Waals surface area contributed by atoms with Crippen LogP contribution in [0.2, 0.25) is 0 Å². The van der Waals surface area contributed by atoms with Crippen molar-refractivity contribution in [2.75, 3.05) is 7.11 Å². The smallest absolute Gasteiger partial charge is 0.358 e. The Hall–Kier alpha value is -2.36. The Labute approximate surface area is 99.2 Å². The summed E-state index contributed by atoms with van der Waals surface area (Å²) in [5, 5.41) is 0. The van der Waals surface area contributed by atoms with Crippen LogP contribution in [0.1, 0.15) is 16.1 Å². The molecular formula is C13H12N2O2. The summed E-state index contributed by atoms with van der Waals surface area (Å²) in [7, 11) is 1.33. The van der Waals surface area contributed by atoms with Crippen LogP contribution in [0.15, 0.2) is 42.9 Å². The molecule has 2 aromatic rings. The molecule has 86 valence electrons. The summed E-state index contributed by atoms with van der Waals surface area (Å²) in [6.45, 7) is 0. The molecule has 0 N–H and O–H groups in total. The van der Waals surface area contributed by atoms with E-state index in [1.54, 1.807) is 17.1 Å². The summed E-state index contributed by atoms with van der Waals surface area (Å²) in [5.41, 5.74) is 1.38. The van der Waals surface area contributed by atoms with Gasteiger partial charge in [0.15, 0.2) is 5.69 Å². The fourth-order valence-corrected chi connectivity index (χ4v) is 1.36. The molecule has 1 aromatic heterocycles. The number of ether oxygens (including phenoxy) is 1. The van der Waals surface area contributed by atoms with Gasteiger partial charge in [-0.15, -0.1) is 0 Å². The number of carbonyl (C=O) groups is 1. The van der Waals surface area contributed by atoms with Gasteiger partial charge in [0.25, 0.3) is 0 Å². The minimum absolute atomic E-state index is 0.296. The van der Waals surface area contributed by atoms with Gasteiger partial charge < -0.3 is 9.30 Å². The fraction of sp³-hybridized carbons (Fsp3) is 0.0769. The van der Waals surface area contributed by atoms with Gasteiger partial charge in [0.1, 0.15) is 0 Å². The Morgan fingerprint density at radius 2 is 2.12 bits per heavy atom. The van der Waals surface area contributed by atoms with Crippen molar-refractivity contribution in [1.82, 2.24) is 9.55 Å². The van der Waals surface area contributed by atoms with Crippen LogP contribution in [0, 0.1) is 0 Å². The highest BCUT2D eigenvalue weighted by molar-refractivity contribution is 5.87. The first kappa shape index (κ1) is 11.1. The third-order valence-electron chi connectivity index (χ3n) is 2.23. The molecule has 0 aliphatic rings.